The van der Waals surface area contributed by atoms with Gasteiger partial charge in [-0.25, -0.2) is 0 Å². The van der Waals surface area contributed by atoms with Gasteiger partial charge in [0.15, 0.2) is 0 Å². The molecule has 0 unspecified atom stereocenters. The van der Waals surface area contributed by atoms with Crippen molar-refractivity contribution in [2.45, 2.75) is 85.4 Å². The minimum atomic E-state index is -0.532. The maximum Gasteiger partial charge on any atom is 0.310 e. The third-order valence-corrected chi connectivity index (χ3v) is 2.48. The number of unbranched alkanes of at least 4 members (excludes halogenated alkanes) is 1. The summed E-state index contributed by atoms with van der Waals surface area (Å²) in [4.78, 5) is 24.0. The van der Waals surface area contributed by atoms with E-state index in [0.29, 0.717) is 6.42 Å². The van der Waals surface area contributed by atoms with Gasteiger partial charge in [-0.1, -0.05) is 19.8 Å². The lowest BCUT2D eigenvalue weighted by Crippen LogP contribution is -2.32. The lowest BCUT2D eigenvalue weighted by molar-refractivity contribution is -0.167. The molecule has 0 N–H and O–H groups in total. The Morgan fingerprint density at radius 2 is 1.45 bits per heavy atom. The quantitative estimate of drug-likeness (QED) is 0.696. The molecule has 1 atom stereocenters. The van der Waals surface area contributed by atoms with E-state index < -0.39 is 17.1 Å². The molecule has 0 spiro atoms. The second-order valence-corrected chi connectivity index (χ2v) is 7.16. The molecule has 20 heavy (non-hydrogen) atoms. The van der Waals surface area contributed by atoms with Crippen molar-refractivity contribution in [3.05, 3.63) is 0 Å². The maximum atomic E-state index is 12.1. The highest BCUT2D eigenvalue weighted by molar-refractivity contribution is 5.80. The highest BCUT2D eigenvalue weighted by atomic mass is 16.6. The number of carbonyl (C=O) groups is 2. The largest absolute Gasteiger partial charge is 0.460 e. The van der Waals surface area contributed by atoms with Gasteiger partial charge in [0.2, 0.25) is 0 Å². The molecule has 0 amide bonds. The highest BCUT2D eigenvalue weighted by Crippen LogP contribution is 2.21. The number of carbonyl (C=O) groups excluding carboxylic acids is 2. The van der Waals surface area contributed by atoms with Crippen molar-refractivity contribution < 1.29 is 19.1 Å². The van der Waals surface area contributed by atoms with Crippen LogP contribution in [0.2, 0.25) is 0 Å². The van der Waals surface area contributed by atoms with Crippen LogP contribution in [0.15, 0.2) is 0 Å². The molecule has 0 rings (SSSR count). The molecule has 0 aromatic heterocycles. The van der Waals surface area contributed by atoms with Crippen LogP contribution in [0.1, 0.15) is 74.1 Å². The van der Waals surface area contributed by atoms with E-state index in [1.165, 1.54) is 0 Å². The number of rotatable bonds is 6. The van der Waals surface area contributed by atoms with Crippen molar-refractivity contribution in [3.8, 4) is 0 Å². The topological polar surface area (TPSA) is 52.6 Å². The minimum absolute atomic E-state index is 0.0895. The summed E-state index contributed by atoms with van der Waals surface area (Å²) < 4.78 is 10.7. The molecule has 4 heteroatoms. The van der Waals surface area contributed by atoms with Crippen LogP contribution < -0.4 is 0 Å². The van der Waals surface area contributed by atoms with Gasteiger partial charge in [0.1, 0.15) is 11.2 Å². The average molecular weight is 286 g/mol. The van der Waals surface area contributed by atoms with Gasteiger partial charge in [-0.2, -0.15) is 0 Å². The Hall–Kier alpha value is -1.06. The Bertz CT molecular complexity index is 320. The van der Waals surface area contributed by atoms with E-state index in [1.807, 2.05) is 41.5 Å². The van der Waals surface area contributed by atoms with Crippen LogP contribution in [0.25, 0.3) is 0 Å². The first kappa shape index (κ1) is 18.9. The van der Waals surface area contributed by atoms with Crippen molar-refractivity contribution in [2.24, 2.45) is 5.92 Å². The van der Waals surface area contributed by atoms with E-state index in [2.05, 4.69) is 6.92 Å². The molecule has 0 saturated carbocycles. The van der Waals surface area contributed by atoms with Crippen LogP contribution in [0.5, 0.6) is 0 Å². The van der Waals surface area contributed by atoms with Crippen LogP contribution in [-0.2, 0) is 19.1 Å². The first-order valence-corrected chi connectivity index (χ1v) is 7.39. The van der Waals surface area contributed by atoms with E-state index >= 15 is 0 Å². The molecular formula is C16H30O4. The van der Waals surface area contributed by atoms with E-state index in [1.54, 1.807) is 0 Å². The lowest BCUT2D eigenvalue weighted by Gasteiger charge is -2.25. The summed E-state index contributed by atoms with van der Waals surface area (Å²) in [5.74, 6) is -1.06. The smallest absolute Gasteiger partial charge is 0.310 e. The Labute approximate surface area is 123 Å². The van der Waals surface area contributed by atoms with Gasteiger partial charge in [0, 0.05) is 0 Å². The molecule has 0 heterocycles. The van der Waals surface area contributed by atoms with Gasteiger partial charge >= 0.3 is 11.9 Å². The Balaban J connectivity index is 4.63. The Morgan fingerprint density at radius 3 is 1.85 bits per heavy atom. The molecule has 0 aromatic carbocycles. The van der Waals surface area contributed by atoms with Crippen molar-refractivity contribution >= 4 is 11.9 Å². The predicted molar refractivity (Wildman–Crippen MR) is 79.3 cm³/mol. The van der Waals surface area contributed by atoms with Gasteiger partial charge < -0.3 is 9.47 Å². The van der Waals surface area contributed by atoms with Crippen LogP contribution in [0.4, 0.5) is 0 Å². The zero-order chi connectivity index (χ0) is 16.0. The minimum Gasteiger partial charge on any atom is -0.460 e. The molecule has 0 aliphatic carbocycles. The molecule has 0 fully saturated rings. The van der Waals surface area contributed by atoms with Gasteiger partial charge in [-0.15, -0.1) is 0 Å². The standard InChI is InChI=1S/C16H30O4/c1-8-9-10-12(14(18)20-16(5,6)7)11-13(17)19-15(2,3)4/h12H,8-11H2,1-7H3/t12-/m1/s1. The van der Waals surface area contributed by atoms with Crippen LogP contribution in [-0.4, -0.2) is 23.1 Å². The fraction of sp³-hybridized carbons (Fsp3) is 0.875. The third-order valence-electron chi connectivity index (χ3n) is 2.48. The zero-order valence-corrected chi connectivity index (χ0v) is 14.0. The van der Waals surface area contributed by atoms with Crippen molar-refractivity contribution in [1.82, 2.24) is 0 Å². The molecule has 4 nitrogen and oxygen atoms in total. The molecule has 0 aliphatic rings. The van der Waals surface area contributed by atoms with E-state index in [0.717, 1.165) is 12.8 Å². The Morgan fingerprint density at radius 1 is 0.950 bits per heavy atom. The van der Waals surface area contributed by atoms with Gasteiger partial charge in [0.05, 0.1) is 12.3 Å². The van der Waals surface area contributed by atoms with Crippen molar-refractivity contribution in [1.29, 1.82) is 0 Å². The first-order chi connectivity index (χ1) is 8.94. The summed E-state index contributed by atoms with van der Waals surface area (Å²) in [6, 6.07) is 0. The number of ether oxygens (including phenoxy) is 2. The molecule has 0 saturated heterocycles. The lowest BCUT2D eigenvalue weighted by atomic mass is 9.98. The average Bonchev–Trinajstić information content (AvgIpc) is 2.18. The van der Waals surface area contributed by atoms with E-state index in [-0.39, 0.29) is 18.4 Å². The summed E-state index contributed by atoms with van der Waals surface area (Å²) in [5, 5.41) is 0. The second-order valence-electron chi connectivity index (χ2n) is 7.16. The summed E-state index contributed by atoms with van der Waals surface area (Å²) in [6.45, 7) is 13.0. The van der Waals surface area contributed by atoms with Crippen LogP contribution in [0, 0.1) is 5.92 Å². The molecule has 0 aliphatic heterocycles. The Kier molecular flexibility index (Phi) is 7.25. The normalized spacial score (nSPS) is 13.8. The molecule has 0 aromatic rings. The van der Waals surface area contributed by atoms with Gasteiger partial charge in [-0.3, -0.25) is 9.59 Å². The number of esters is 2. The summed E-state index contributed by atoms with van der Waals surface area (Å²) in [6.07, 6.45) is 2.62. The van der Waals surface area contributed by atoms with E-state index in [4.69, 9.17) is 9.47 Å². The summed E-state index contributed by atoms with van der Waals surface area (Å²) >= 11 is 0. The predicted octanol–water partition coefficient (Wildman–Crippen LogP) is 3.87. The first-order valence-electron chi connectivity index (χ1n) is 7.39. The van der Waals surface area contributed by atoms with Crippen LogP contribution in [0.3, 0.4) is 0 Å². The number of hydrogen-bond donors (Lipinski definition) is 0. The fourth-order valence-corrected chi connectivity index (χ4v) is 1.72. The van der Waals surface area contributed by atoms with E-state index in [9.17, 15) is 9.59 Å². The highest BCUT2D eigenvalue weighted by Gasteiger charge is 2.28. The van der Waals surface area contributed by atoms with Crippen LogP contribution >= 0.6 is 0 Å². The van der Waals surface area contributed by atoms with Crippen molar-refractivity contribution in [3.63, 3.8) is 0 Å². The zero-order valence-electron chi connectivity index (χ0n) is 14.0. The monoisotopic (exact) mass is 286 g/mol. The number of hydrogen-bond acceptors (Lipinski definition) is 4. The summed E-state index contributed by atoms with van der Waals surface area (Å²) in [5.41, 5.74) is -1.06. The maximum absolute atomic E-state index is 12.1. The van der Waals surface area contributed by atoms with Gasteiger partial charge in [-0.05, 0) is 48.0 Å². The van der Waals surface area contributed by atoms with Crippen molar-refractivity contribution in [2.75, 3.05) is 0 Å². The summed E-state index contributed by atoms with van der Waals surface area (Å²) in [7, 11) is 0. The SMILES string of the molecule is CCCC[C@H](CC(=O)OC(C)(C)C)C(=O)OC(C)(C)C. The molecular weight excluding hydrogens is 256 g/mol. The molecule has 118 valence electrons. The third kappa shape index (κ3) is 9.82. The fourth-order valence-electron chi connectivity index (χ4n) is 1.72. The molecule has 0 radical (unpaired) electrons. The van der Waals surface area contributed by atoms with Gasteiger partial charge in [0.25, 0.3) is 0 Å². The molecule has 0 bridgehead atoms. The second kappa shape index (κ2) is 7.65.